The molecule has 0 aliphatic heterocycles. The van der Waals surface area contributed by atoms with Crippen LogP contribution in [0.3, 0.4) is 0 Å². The van der Waals surface area contributed by atoms with Crippen molar-refractivity contribution in [2.45, 2.75) is 13.5 Å². The van der Waals surface area contributed by atoms with Gasteiger partial charge in [-0.05, 0) is 36.8 Å². The summed E-state index contributed by atoms with van der Waals surface area (Å²) in [5.41, 5.74) is 7.73. The van der Waals surface area contributed by atoms with Gasteiger partial charge in [-0.2, -0.15) is 0 Å². The van der Waals surface area contributed by atoms with Crippen LogP contribution in [0.25, 0.3) is 0 Å². The minimum Gasteiger partial charge on any atom is -0.462 e. The van der Waals surface area contributed by atoms with Gasteiger partial charge in [-0.3, -0.25) is 4.79 Å². The van der Waals surface area contributed by atoms with E-state index in [2.05, 4.69) is 5.32 Å². The van der Waals surface area contributed by atoms with Crippen molar-refractivity contribution < 1.29 is 14.3 Å². The number of amides is 1. The van der Waals surface area contributed by atoms with Crippen LogP contribution in [0.4, 0.5) is 5.69 Å². The van der Waals surface area contributed by atoms with Crippen LogP contribution in [0.15, 0.2) is 48.5 Å². The molecule has 0 radical (unpaired) electrons. The zero-order valence-electron chi connectivity index (χ0n) is 12.3. The SMILES string of the molecule is CCOC(=O)c1ccccc1NC(=O)c1ccc(CN)cc1. The van der Waals surface area contributed by atoms with Crippen LogP contribution in [0.1, 0.15) is 33.2 Å². The molecule has 0 aliphatic carbocycles. The molecule has 0 atom stereocenters. The summed E-state index contributed by atoms with van der Waals surface area (Å²) in [7, 11) is 0. The number of hydrogen-bond acceptors (Lipinski definition) is 4. The Balaban J connectivity index is 2.19. The van der Waals surface area contributed by atoms with Crippen LogP contribution in [-0.4, -0.2) is 18.5 Å². The Kier molecular flexibility index (Phi) is 5.27. The largest absolute Gasteiger partial charge is 0.462 e. The van der Waals surface area contributed by atoms with Crippen LogP contribution in [0.5, 0.6) is 0 Å². The average Bonchev–Trinajstić information content (AvgIpc) is 2.55. The van der Waals surface area contributed by atoms with Gasteiger partial charge in [-0.1, -0.05) is 24.3 Å². The van der Waals surface area contributed by atoms with Gasteiger partial charge >= 0.3 is 5.97 Å². The van der Waals surface area contributed by atoms with Crippen molar-refractivity contribution >= 4 is 17.6 Å². The Morgan fingerprint density at radius 1 is 1.09 bits per heavy atom. The van der Waals surface area contributed by atoms with Crippen molar-refractivity contribution in [2.75, 3.05) is 11.9 Å². The fraction of sp³-hybridized carbons (Fsp3) is 0.176. The smallest absolute Gasteiger partial charge is 0.340 e. The summed E-state index contributed by atoms with van der Waals surface area (Å²) in [6.45, 7) is 2.44. The highest BCUT2D eigenvalue weighted by molar-refractivity contribution is 6.08. The first kappa shape index (κ1) is 15.7. The molecule has 1 amide bonds. The van der Waals surface area contributed by atoms with E-state index < -0.39 is 5.97 Å². The summed E-state index contributed by atoms with van der Waals surface area (Å²) in [4.78, 5) is 24.1. The monoisotopic (exact) mass is 298 g/mol. The fourth-order valence-corrected chi connectivity index (χ4v) is 1.97. The molecule has 3 N–H and O–H groups in total. The number of hydrogen-bond donors (Lipinski definition) is 2. The molecule has 2 aromatic rings. The van der Waals surface area contributed by atoms with Crippen LogP contribution in [0, 0.1) is 0 Å². The highest BCUT2D eigenvalue weighted by Crippen LogP contribution is 2.17. The van der Waals surface area contributed by atoms with Crippen molar-refractivity contribution in [1.82, 2.24) is 0 Å². The normalized spacial score (nSPS) is 10.1. The standard InChI is InChI=1S/C17H18N2O3/c1-2-22-17(21)14-5-3-4-6-15(14)19-16(20)13-9-7-12(11-18)8-10-13/h3-10H,2,11,18H2,1H3,(H,19,20). The third-order valence-corrected chi connectivity index (χ3v) is 3.12. The fourth-order valence-electron chi connectivity index (χ4n) is 1.97. The summed E-state index contributed by atoms with van der Waals surface area (Å²) in [5, 5.41) is 2.73. The maximum Gasteiger partial charge on any atom is 0.340 e. The molecule has 0 unspecified atom stereocenters. The predicted octanol–water partition coefficient (Wildman–Crippen LogP) is 2.57. The second-order valence-electron chi connectivity index (χ2n) is 4.62. The molecule has 0 fully saturated rings. The molecule has 0 spiro atoms. The summed E-state index contributed by atoms with van der Waals surface area (Å²) < 4.78 is 4.98. The quantitative estimate of drug-likeness (QED) is 0.831. The maximum absolute atomic E-state index is 12.3. The lowest BCUT2D eigenvalue weighted by atomic mass is 10.1. The van der Waals surface area contributed by atoms with Gasteiger partial charge in [0.15, 0.2) is 0 Å². The van der Waals surface area contributed by atoms with E-state index in [1.165, 1.54) is 0 Å². The Labute approximate surface area is 129 Å². The van der Waals surface area contributed by atoms with Gasteiger partial charge in [0.2, 0.25) is 0 Å². The summed E-state index contributed by atoms with van der Waals surface area (Å²) in [5.74, 6) is -0.753. The number of ether oxygens (including phenoxy) is 1. The molecule has 114 valence electrons. The Morgan fingerprint density at radius 3 is 2.41 bits per heavy atom. The number of benzene rings is 2. The highest BCUT2D eigenvalue weighted by Gasteiger charge is 2.14. The molecular formula is C17H18N2O3. The summed E-state index contributed by atoms with van der Waals surface area (Å²) >= 11 is 0. The molecule has 5 nitrogen and oxygen atoms in total. The molecule has 2 rings (SSSR count). The third-order valence-electron chi connectivity index (χ3n) is 3.12. The Morgan fingerprint density at radius 2 is 1.77 bits per heavy atom. The highest BCUT2D eigenvalue weighted by atomic mass is 16.5. The summed E-state index contributed by atoms with van der Waals surface area (Å²) in [6.07, 6.45) is 0. The Bertz CT molecular complexity index is 666. The van der Waals surface area contributed by atoms with Gasteiger partial charge in [0, 0.05) is 12.1 Å². The first-order valence-corrected chi connectivity index (χ1v) is 7.02. The Hall–Kier alpha value is -2.66. The number of anilines is 1. The van der Waals surface area contributed by atoms with E-state index in [0.29, 0.717) is 23.4 Å². The van der Waals surface area contributed by atoms with Crippen LogP contribution in [0.2, 0.25) is 0 Å². The van der Waals surface area contributed by atoms with Gasteiger partial charge in [0.05, 0.1) is 17.9 Å². The van der Waals surface area contributed by atoms with E-state index in [0.717, 1.165) is 5.56 Å². The number of carbonyl (C=O) groups excluding carboxylic acids is 2. The first-order chi connectivity index (χ1) is 10.7. The molecule has 0 bridgehead atoms. The maximum atomic E-state index is 12.3. The van der Waals surface area contributed by atoms with E-state index in [1.807, 2.05) is 0 Å². The molecule has 5 heteroatoms. The number of nitrogens with two attached hydrogens (primary N) is 1. The lowest BCUT2D eigenvalue weighted by Gasteiger charge is -2.10. The minimum atomic E-state index is -0.461. The molecule has 0 aliphatic rings. The van der Waals surface area contributed by atoms with Gasteiger partial charge < -0.3 is 15.8 Å². The van der Waals surface area contributed by atoms with Crippen molar-refractivity contribution in [3.05, 3.63) is 65.2 Å². The predicted molar refractivity (Wildman–Crippen MR) is 84.7 cm³/mol. The number of esters is 1. The molecule has 0 aromatic heterocycles. The third kappa shape index (κ3) is 3.71. The van der Waals surface area contributed by atoms with Crippen molar-refractivity contribution in [1.29, 1.82) is 0 Å². The number of para-hydroxylation sites is 1. The molecule has 0 saturated heterocycles. The van der Waals surface area contributed by atoms with Gasteiger partial charge in [-0.15, -0.1) is 0 Å². The second kappa shape index (κ2) is 7.38. The van der Waals surface area contributed by atoms with Crippen molar-refractivity contribution in [3.63, 3.8) is 0 Å². The molecular weight excluding hydrogens is 280 g/mol. The molecule has 2 aromatic carbocycles. The van der Waals surface area contributed by atoms with Gasteiger partial charge in [0.25, 0.3) is 5.91 Å². The lowest BCUT2D eigenvalue weighted by molar-refractivity contribution is 0.0527. The van der Waals surface area contributed by atoms with Gasteiger partial charge in [0.1, 0.15) is 0 Å². The minimum absolute atomic E-state index is 0.279. The van der Waals surface area contributed by atoms with E-state index in [-0.39, 0.29) is 12.5 Å². The number of rotatable bonds is 5. The first-order valence-electron chi connectivity index (χ1n) is 7.02. The van der Waals surface area contributed by atoms with Crippen LogP contribution in [-0.2, 0) is 11.3 Å². The van der Waals surface area contributed by atoms with Crippen LogP contribution < -0.4 is 11.1 Å². The molecule has 22 heavy (non-hydrogen) atoms. The average molecular weight is 298 g/mol. The number of carbonyl (C=O) groups is 2. The van der Waals surface area contributed by atoms with E-state index in [4.69, 9.17) is 10.5 Å². The second-order valence-corrected chi connectivity index (χ2v) is 4.62. The zero-order valence-corrected chi connectivity index (χ0v) is 12.3. The van der Waals surface area contributed by atoms with Crippen molar-refractivity contribution in [2.24, 2.45) is 5.73 Å². The zero-order chi connectivity index (χ0) is 15.9. The number of nitrogens with one attached hydrogen (secondary N) is 1. The van der Waals surface area contributed by atoms with Crippen molar-refractivity contribution in [3.8, 4) is 0 Å². The lowest BCUT2D eigenvalue weighted by Crippen LogP contribution is -2.16. The van der Waals surface area contributed by atoms with E-state index >= 15 is 0 Å². The molecule has 0 saturated carbocycles. The topological polar surface area (TPSA) is 81.4 Å². The van der Waals surface area contributed by atoms with E-state index in [9.17, 15) is 9.59 Å². The van der Waals surface area contributed by atoms with Gasteiger partial charge in [-0.25, -0.2) is 4.79 Å². The summed E-state index contributed by atoms with van der Waals surface area (Å²) in [6, 6.07) is 13.7. The molecule has 0 heterocycles. The van der Waals surface area contributed by atoms with E-state index in [1.54, 1.807) is 55.5 Å². The van der Waals surface area contributed by atoms with Crippen LogP contribution >= 0.6 is 0 Å².